The SMILES string of the molecule is COc1cc(C=C2SC(=Nc3ccc(C)cc3)N(C)C2=O)cc(Br)c1O. The smallest absolute Gasteiger partial charge is 0.266 e. The van der Waals surface area contributed by atoms with Crippen LogP contribution in [0.4, 0.5) is 5.69 Å². The first-order chi connectivity index (χ1) is 12.4. The lowest BCUT2D eigenvalue weighted by Gasteiger charge is -2.07. The van der Waals surface area contributed by atoms with Crippen molar-refractivity contribution in [3.8, 4) is 11.5 Å². The van der Waals surface area contributed by atoms with Crippen LogP contribution in [0.5, 0.6) is 11.5 Å². The Balaban J connectivity index is 1.92. The van der Waals surface area contributed by atoms with Gasteiger partial charge >= 0.3 is 0 Å². The molecule has 0 aromatic heterocycles. The number of amides is 1. The van der Waals surface area contributed by atoms with Crippen LogP contribution in [0.1, 0.15) is 11.1 Å². The third kappa shape index (κ3) is 3.78. The molecule has 1 amide bonds. The summed E-state index contributed by atoms with van der Waals surface area (Å²) in [7, 11) is 3.19. The highest BCUT2D eigenvalue weighted by Gasteiger charge is 2.30. The summed E-state index contributed by atoms with van der Waals surface area (Å²) in [6.07, 6.45) is 1.76. The van der Waals surface area contributed by atoms with E-state index >= 15 is 0 Å². The number of amidine groups is 1. The Bertz CT molecular complexity index is 923. The van der Waals surface area contributed by atoms with E-state index in [9.17, 15) is 9.90 Å². The molecular formula is C19H17BrN2O3S. The first-order valence-electron chi connectivity index (χ1n) is 7.78. The zero-order chi connectivity index (χ0) is 18.8. The largest absolute Gasteiger partial charge is 0.503 e. The molecule has 1 fully saturated rings. The summed E-state index contributed by atoms with van der Waals surface area (Å²) in [5.41, 5.74) is 2.70. The summed E-state index contributed by atoms with van der Waals surface area (Å²) in [5, 5.41) is 10.5. The number of hydrogen-bond acceptors (Lipinski definition) is 5. The summed E-state index contributed by atoms with van der Waals surface area (Å²) in [6, 6.07) is 11.2. The number of phenols is 1. The number of rotatable bonds is 3. The maximum atomic E-state index is 12.5. The van der Waals surface area contributed by atoms with Crippen molar-refractivity contribution in [1.29, 1.82) is 0 Å². The number of likely N-dealkylation sites (N-methyl/N-ethyl adjacent to an activating group) is 1. The second kappa shape index (κ2) is 7.55. The normalized spacial score (nSPS) is 17.4. The molecule has 0 unspecified atom stereocenters. The Morgan fingerprint density at radius 1 is 1.27 bits per heavy atom. The number of carbonyl (C=O) groups excluding carboxylic acids is 1. The van der Waals surface area contributed by atoms with Crippen LogP contribution in [0.15, 0.2) is 50.8 Å². The van der Waals surface area contributed by atoms with Gasteiger partial charge in [-0.2, -0.15) is 0 Å². The van der Waals surface area contributed by atoms with Crippen LogP contribution in [-0.4, -0.2) is 35.2 Å². The number of halogens is 1. The van der Waals surface area contributed by atoms with Crippen molar-refractivity contribution in [3.05, 3.63) is 56.9 Å². The molecule has 2 aromatic rings. The number of phenolic OH excluding ortho intramolecular Hbond substituents is 1. The topological polar surface area (TPSA) is 62.1 Å². The third-order valence-corrected chi connectivity index (χ3v) is 5.50. The molecule has 3 rings (SSSR count). The van der Waals surface area contributed by atoms with E-state index in [0.29, 0.717) is 20.3 Å². The highest BCUT2D eigenvalue weighted by Crippen LogP contribution is 2.38. The second-order valence-electron chi connectivity index (χ2n) is 5.76. The van der Waals surface area contributed by atoms with Crippen LogP contribution in [0.2, 0.25) is 0 Å². The van der Waals surface area contributed by atoms with Crippen molar-refractivity contribution >= 4 is 50.5 Å². The molecule has 1 aliphatic heterocycles. The van der Waals surface area contributed by atoms with Crippen molar-refractivity contribution in [2.24, 2.45) is 4.99 Å². The summed E-state index contributed by atoms with van der Waals surface area (Å²) in [6.45, 7) is 2.02. The van der Waals surface area contributed by atoms with Crippen molar-refractivity contribution < 1.29 is 14.6 Å². The Hall–Kier alpha value is -2.25. The number of hydrogen-bond donors (Lipinski definition) is 1. The minimum absolute atomic E-state index is 0.0267. The second-order valence-corrected chi connectivity index (χ2v) is 7.62. The van der Waals surface area contributed by atoms with Gasteiger partial charge in [0.1, 0.15) is 0 Å². The molecule has 1 aliphatic rings. The molecule has 134 valence electrons. The van der Waals surface area contributed by atoms with Gasteiger partial charge in [-0.3, -0.25) is 9.69 Å². The Kier molecular flexibility index (Phi) is 5.38. The number of benzene rings is 2. The van der Waals surface area contributed by atoms with Gasteiger partial charge in [-0.1, -0.05) is 17.7 Å². The van der Waals surface area contributed by atoms with Gasteiger partial charge in [0.05, 0.1) is 22.2 Å². The minimum Gasteiger partial charge on any atom is -0.503 e. The molecule has 0 bridgehead atoms. The fraction of sp³-hybridized carbons (Fsp3) is 0.158. The van der Waals surface area contributed by atoms with E-state index in [1.54, 1.807) is 25.3 Å². The number of nitrogens with zero attached hydrogens (tertiary/aromatic N) is 2. The molecular weight excluding hydrogens is 416 g/mol. The van der Waals surface area contributed by atoms with E-state index in [1.807, 2.05) is 31.2 Å². The molecule has 2 aromatic carbocycles. The lowest BCUT2D eigenvalue weighted by atomic mass is 10.2. The highest BCUT2D eigenvalue weighted by atomic mass is 79.9. The standard InChI is InChI=1S/C19H17BrN2O3S/c1-11-4-6-13(7-5-11)21-19-22(2)18(24)16(26-19)10-12-8-14(20)17(23)15(9-12)25-3/h4-10,23H,1-3H3. The summed E-state index contributed by atoms with van der Waals surface area (Å²) < 4.78 is 5.65. The van der Waals surface area contributed by atoms with Gasteiger partial charge in [-0.05, 0) is 70.5 Å². The summed E-state index contributed by atoms with van der Waals surface area (Å²) in [5.74, 6) is 0.242. The number of aliphatic imine (C=N–C) groups is 1. The van der Waals surface area contributed by atoms with Crippen molar-refractivity contribution in [3.63, 3.8) is 0 Å². The van der Waals surface area contributed by atoms with Gasteiger partial charge in [-0.15, -0.1) is 0 Å². The first-order valence-corrected chi connectivity index (χ1v) is 9.39. The summed E-state index contributed by atoms with van der Waals surface area (Å²) >= 11 is 4.60. The van der Waals surface area contributed by atoms with E-state index in [1.165, 1.54) is 23.8 Å². The van der Waals surface area contributed by atoms with Crippen LogP contribution >= 0.6 is 27.7 Å². The number of aromatic hydroxyl groups is 1. The zero-order valence-corrected chi connectivity index (χ0v) is 16.9. The lowest BCUT2D eigenvalue weighted by Crippen LogP contribution is -2.23. The number of ether oxygens (including phenoxy) is 1. The number of aryl methyl sites for hydroxylation is 1. The van der Waals surface area contributed by atoms with Gasteiger partial charge in [-0.25, -0.2) is 4.99 Å². The monoisotopic (exact) mass is 432 g/mol. The first kappa shape index (κ1) is 18.5. The maximum Gasteiger partial charge on any atom is 0.266 e. The zero-order valence-electron chi connectivity index (χ0n) is 14.5. The number of carbonyl (C=O) groups is 1. The highest BCUT2D eigenvalue weighted by molar-refractivity contribution is 9.10. The minimum atomic E-state index is -0.121. The average molecular weight is 433 g/mol. The van der Waals surface area contributed by atoms with Gasteiger partial charge in [0.15, 0.2) is 16.7 Å². The quantitative estimate of drug-likeness (QED) is 0.713. The Morgan fingerprint density at radius 2 is 1.96 bits per heavy atom. The van der Waals surface area contributed by atoms with Gasteiger partial charge in [0.2, 0.25) is 0 Å². The fourth-order valence-corrected chi connectivity index (χ4v) is 3.81. The predicted molar refractivity (Wildman–Crippen MR) is 109 cm³/mol. The molecule has 1 heterocycles. The third-order valence-electron chi connectivity index (χ3n) is 3.83. The van der Waals surface area contributed by atoms with Gasteiger partial charge in [0, 0.05) is 7.05 Å². The Labute approximate surface area is 164 Å². The van der Waals surface area contributed by atoms with Crippen LogP contribution in [0.25, 0.3) is 6.08 Å². The van der Waals surface area contributed by atoms with E-state index in [2.05, 4.69) is 20.9 Å². The van der Waals surface area contributed by atoms with Crippen LogP contribution in [0, 0.1) is 6.92 Å². The van der Waals surface area contributed by atoms with Gasteiger partial charge < -0.3 is 9.84 Å². The van der Waals surface area contributed by atoms with Crippen molar-refractivity contribution in [2.45, 2.75) is 6.92 Å². The molecule has 5 nitrogen and oxygen atoms in total. The fourth-order valence-electron chi connectivity index (χ4n) is 2.37. The average Bonchev–Trinajstić information content (AvgIpc) is 2.88. The molecule has 0 saturated carbocycles. The number of methoxy groups -OCH3 is 1. The molecule has 0 aliphatic carbocycles. The van der Waals surface area contributed by atoms with E-state index in [4.69, 9.17) is 4.74 Å². The van der Waals surface area contributed by atoms with Crippen LogP contribution in [0.3, 0.4) is 0 Å². The van der Waals surface area contributed by atoms with E-state index in [-0.39, 0.29) is 11.7 Å². The molecule has 26 heavy (non-hydrogen) atoms. The molecule has 1 saturated heterocycles. The van der Waals surface area contributed by atoms with Crippen molar-refractivity contribution in [1.82, 2.24) is 4.90 Å². The number of thioether (sulfide) groups is 1. The summed E-state index contributed by atoms with van der Waals surface area (Å²) in [4.78, 5) is 19.2. The van der Waals surface area contributed by atoms with Crippen LogP contribution < -0.4 is 4.74 Å². The van der Waals surface area contributed by atoms with Crippen LogP contribution in [-0.2, 0) is 4.79 Å². The van der Waals surface area contributed by atoms with Crippen molar-refractivity contribution in [2.75, 3.05) is 14.2 Å². The molecule has 1 N–H and O–H groups in total. The van der Waals surface area contributed by atoms with E-state index in [0.717, 1.165) is 16.8 Å². The Morgan fingerprint density at radius 3 is 2.62 bits per heavy atom. The predicted octanol–water partition coefficient (Wildman–Crippen LogP) is 4.71. The molecule has 0 radical (unpaired) electrons. The molecule has 0 spiro atoms. The molecule has 0 atom stereocenters. The van der Waals surface area contributed by atoms with Gasteiger partial charge in [0.25, 0.3) is 5.91 Å². The van der Waals surface area contributed by atoms with E-state index < -0.39 is 0 Å². The lowest BCUT2D eigenvalue weighted by molar-refractivity contribution is -0.121. The molecule has 7 heteroatoms. The maximum absolute atomic E-state index is 12.5.